The van der Waals surface area contributed by atoms with E-state index in [9.17, 15) is 5.11 Å². The molecular formula is C12H26N2O. The standard InChI is InChI=1S/C12H26N2O/c1-4-11-6-5-8-14(11)9-7-12(2,10-15)13-3/h11,13,15H,4-10H2,1-3H3. The molecule has 1 heterocycles. The van der Waals surface area contributed by atoms with E-state index in [2.05, 4.69) is 24.1 Å². The Balaban J connectivity index is 2.35. The van der Waals surface area contributed by atoms with Crippen molar-refractivity contribution in [2.45, 2.75) is 51.1 Å². The molecule has 0 bridgehead atoms. The van der Waals surface area contributed by atoms with Crippen molar-refractivity contribution in [2.24, 2.45) is 0 Å². The lowest BCUT2D eigenvalue weighted by Crippen LogP contribution is -2.46. The zero-order chi connectivity index (χ0) is 11.3. The van der Waals surface area contributed by atoms with Crippen LogP contribution in [0.5, 0.6) is 0 Å². The summed E-state index contributed by atoms with van der Waals surface area (Å²) in [4.78, 5) is 2.57. The molecule has 0 aromatic rings. The number of likely N-dealkylation sites (tertiary alicyclic amines) is 1. The van der Waals surface area contributed by atoms with Crippen molar-refractivity contribution in [1.29, 1.82) is 0 Å². The van der Waals surface area contributed by atoms with Crippen molar-refractivity contribution >= 4 is 0 Å². The third-order valence-corrected chi connectivity index (χ3v) is 3.87. The van der Waals surface area contributed by atoms with Crippen LogP contribution in [0.25, 0.3) is 0 Å². The molecule has 0 saturated carbocycles. The van der Waals surface area contributed by atoms with E-state index < -0.39 is 0 Å². The number of hydrogen-bond acceptors (Lipinski definition) is 3. The number of hydrogen-bond donors (Lipinski definition) is 2. The van der Waals surface area contributed by atoms with Crippen molar-refractivity contribution in [3.05, 3.63) is 0 Å². The van der Waals surface area contributed by atoms with Crippen LogP contribution in [0.3, 0.4) is 0 Å². The Labute approximate surface area is 93.9 Å². The van der Waals surface area contributed by atoms with Gasteiger partial charge in [-0.15, -0.1) is 0 Å². The van der Waals surface area contributed by atoms with Gasteiger partial charge in [0.1, 0.15) is 0 Å². The van der Waals surface area contributed by atoms with Gasteiger partial charge in [-0.05, 0) is 46.2 Å². The van der Waals surface area contributed by atoms with Gasteiger partial charge in [0.15, 0.2) is 0 Å². The summed E-state index contributed by atoms with van der Waals surface area (Å²) in [7, 11) is 1.93. The lowest BCUT2D eigenvalue weighted by molar-refractivity contribution is 0.147. The molecule has 0 aromatic heterocycles. The van der Waals surface area contributed by atoms with Crippen LogP contribution in [0, 0.1) is 0 Å². The summed E-state index contributed by atoms with van der Waals surface area (Å²) >= 11 is 0. The smallest absolute Gasteiger partial charge is 0.0610 e. The van der Waals surface area contributed by atoms with Crippen molar-refractivity contribution in [2.75, 3.05) is 26.7 Å². The molecule has 1 aliphatic heterocycles. The van der Waals surface area contributed by atoms with Gasteiger partial charge in [0.25, 0.3) is 0 Å². The van der Waals surface area contributed by atoms with Crippen LogP contribution in [-0.2, 0) is 0 Å². The third-order valence-electron chi connectivity index (χ3n) is 3.87. The Hall–Kier alpha value is -0.120. The Morgan fingerprint density at radius 1 is 1.53 bits per heavy atom. The minimum Gasteiger partial charge on any atom is -0.394 e. The predicted octanol–water partition coefficient (Wildman–Crippen LogP) is 1.22. The molecular weight excluding hydrogens is 188 g/mol. The van der Waals surface area contributed by atoms with Gasteiger partial charge in [0.2, 0.25) is 0 Å². The Morgan fingerprint density at radius 2 is 2.27 bits per heavy atom. The zero-order valence-corrected chi connectivity index (χ0v) is 10.4. The lowest BCUT2D eigenvalue weighted by atomic mass is 9.99. The fourth-order valence-corrected chi connectivity index (χ4v) is 2.33. The number of aliphatic hydroxyl groups excluding tert-OH is 1. The molecule has 1 fully saturated rings. The summed E-state index contributed by atoms with van der Waals surface area (Å²) in [5, 5.41) is 12.5. The number of rotatable bonds is 6. The second kappa shape index (κ2) is 5.83. The molecule has 0 aromatic carbocycles. The van der Waals surface area contributed by atoms with Gasteiger partial charge in [-0.3, -0.25) is 0 Å². The molecule has 0 amide bonds. The van der Waals surface area contributed by atoms with Crippen molar-refractivity contribution in [1.82, 2.24) is 10.2 Å². The molecule has 15 heavy (non-hydrogen) atoms. The fraction of sp³-hybridized carbons (Fsp3) is 1.00. The molecule has 2 unspecified atom stereocenters. The van der Waals surface area contributed by atoms with E-state index in [0.717, 1.165) is 19.0 Å². The maximum absolute atomic E-state index is 9.30. The van der Waals surface area contributed by atoms with E-state index in [1.807, 2.05) is 7.05 Å². The highest BCUT2D eigenvalue weighted by molar-refractivity contribution is 4.85. The van der Waals surface area contributed by atoms with E-state index in [-0.39, 0.29) is 12.1 Å². The van der Waals surface area contributed by atoms with Crippen LogP contribution >= 0.6 is 0 Å². The molecule has 0 spiro atoms. The van der Waals surface area contributed by atoms with Crippen LogP contribution < -0.4 is 5.32 Å². The molecule has 3 nitrogen and oxygen atoms in total. The summed E-state index contributed by atoms with van der Waals surface area (Å²) in [6.45, 7) is 6.92. The van der Waals surface area contributed by atoms with Crippen molar-refractivity contribution in [3.63, 3.8) is 0 Å². The fourth-order valence-electron chi connectivity index (χ4n) is 2.33. The number of nitrogens with zero attached hydrogens (tertiary/aromatic N) is 1. The Morgan fingerprint density at radius 3 is 2.80 bits per heavy atom. The molecule has 2 N–H and O–H groups in total. The highest BCUT2D eigenvalue weighted by atomic mass is 16.3. The topological polar surface area (TPSA) is 35.5 Å². The Bertz CT molecular complexity index is 180. The highest BCUT2D eigenvalue weighted by Crippen LogP contribution is 2.21. The maximum atomic E-state index is 9.30. The van der Waals surface area contributed by atoms with Crippen LogP contribution in [0.15, 0.2) is 0 Å². The second-order valence-electron chi connectivity index (χ2n) is 4.96. The summed E-state index contributed by atoms with van der Waals surface area (Å²) in [5.74, 6) is 0. The number of aliphatic hydroxyl groups is 1. The third kappa shape index (κ3) is 3.44. The van der Waals surface area contributed by atoms with E-state index in [0.29, 0.717) is 0 Å². The van der Waals surface area contributed by atoms with Gasteiger partial charge in [-0.1, -0.05) is 6.92 Å². The summed E-state index contributed by atoms with van der Waals surface area (Å²) in [6.07, 6.45) is 4.98. The molecule has 0 aliphatic carbocycles. The van der Waals surface area contributed by atoms with Crippen LogP contribution in [-0.4, -0.2) is 48.3 Å². The van der Waals surface area contributed by atoms with Gasteiger partial charge in [0, 0.05) is 18.1 Å². The second-order valence-corrected chi connectivity index (χ2v) is 4.96. The van der Waals surface area contributed by atoms with Gasteiger partial charge in [-0.2, -0.15) is 0 Å². The first-order valence-electron chi connectivity index (χ1n) is 6.19. The van der Waals surface area contributed by atoms with E-state index >= 15 is 0 Å². The van der Waals surface area contributed by atoms with Gasteiger partial charge >= 0.3 is 0 Å². The van der Waals surface area contributed by atoms with Crippen LogP contribution in [0.1, 0.15) is 39.5 Å². The van der Waals surface area contributed by atoms with E-state index in [1.165, 1.54) is 25.8 Å². The summed E-state index contributed by atoms with van der Waals surface area (Å²) in [5.41, 5.74) is -0.110. The molecule has 3 heteroatoms. The van der Waals surface area contributed by atoms with E-state index in [1.54, 1.807) is 0 Å². The normalized spacial score (nSPS) is 26.8. The minimum absolute atomic E-state index is 0.110. The summed E-state index contributed by atoms with van der Waals surface area (Å²) in [6, 6.07) is 0.782. The SMILES string of the molecule is CCC1CCCN1CCC(C)(CO)NC. The lowest BCUT2D eigenvalue weighted by Gasteiger charge is -2.31. The molecule has 1 saturated heterocycles. The Kier molecular flexibility index (Phi) is 5.03. The molecule has 2 atom stereocenters. The first-order valence-corrected chi connectivity index (χ1v) is 6.19. The average molecular weight is 214 g/mol. The van der Waals surface area contributed by atoms with Gasteiger partial charge < -0.3 is 15.3 Å². The average Bonchev–Trinajstić information content (AvgIpc) is 2.73. The summed E-state index contributed by atoms with van der Waals surface area (Å²) < 4.78 is 0. The first kappa shape index (κ1) is 12.9. The van der Waals surface area contributed by atoms with Crippen molar-refractivity contribution in [3.8, 4) is 0 Å². The molecule has 1 rings (SSSR count). The molecule has 0 radical (unpaired) electrons. The minimum atomic E-state index is -0.110. The highest BCUT2D eigenvalue weighted by Gasteiger charge is 2.26. The number of likely N-dealkylation sites (N-methyl/N-ethyl adjacent to an activating group) is 1. The molecule has 1 aliphatic rings. The van der Waals surface area contributed by atoms with Crippen LogP contribution in [0.2, 0.25) is 0 Å². The maximum Gasteiger partial charge on any atom is 0.0610 e. The van der Waals surface area contributed by atoms with Gasteiger partial charge in [-0.25, -0.2) is 0 Å². The van der Waals surface area contributed by atoms with Crippen LogP contribution in [0.4, 0.5) is 0 Å². The quantitative estimate of drug-likeness (QED) is 0.698. The van der Waals surface area contributed by atoms with Crippen molar-refractivity contribution < 1.29 is 5.11 Å². The van der Waals surface area contributed by atoms with Gasteiger partial charge in [0.05, 0.1) is 6.61 Å². The first-order chi connectivity index (χ1) is 7.15. The van der Waals surface area contributed by atoms with E-state index in [4.69, 9.17) is 0 Å². The largest absolute Gasteiger partial charge is 0.394 e. The molecule has 90 valence electrons. The monoisotopic (exact) mass is 214 g/mol. The zero-order valence-electron chi connectivity index (χ0n) is 10.4. The predicted molar refractivity (Wildman–Crippen MR) is 64.1 cm³/mol. The number of nitrogens with one attached hydrogen (secondary N) is 1.